The number of aromatic nitrogens is 2. The number of aryl methyl sites for hydroxylation is 1. The molecule has 7 heteroatoms. The van der Waals surface area contributed by atoms with Crippen LogP contribution in [0.4, 0.5) is 0 Å². The summed E-state index contributed by atoms with van der Waals surface area (Å²) in [6.07, 6.45) is 3.61. The standard InChI is InChI=1S/C16H23N3O4/c1-10-12(18-9-17-10)6-14(21)19-5-4-13(20)16(8-19,15(22)23)7-11-2-3-11/h9,11,13,20H,2-8H2,1H3,(H,17,18)(H,22,23)/t13-,16-/m1/s1. The van der Waals surface area contributed by atoms with Crippen molar-refractivity contribution in [3.63, 3.8) is 0 Å². The van der Waals surface area contributed by atoms with E-state index in [-0.39, 0.29) is 18.9 Å². The van der Waals surface area contributed by atoms with Gasteiger partial charge in [0.1, 0.15) is 5.41 Å². The van der Waals surface area contributed by atoms with Crippen LogP contribution in [-0.4, -0.2) is 56.2 Å². The Kier molecular flexibility index (Phi) is 4.14. The van der Waals surface area contributed by atoms with Gasteiger partial charge >= 0.3 is 5.97 Å². The number of H-pyrrole nitrogens is 1. The summed E-state index contributed by atoms with van der Waals surface area (Å²) >= 11 is 0. The Morgan fingerprint density at radius 2 is 2.17 bits per heavy atom. The largest absolute Gasteiger partial charge is 0.481 e. The van der Waals surface area contributed by atoms with Gasteiger partial charge in [-0.05, 0) is 25.7 Å². The number of likely N-dealkylation sites (tertiary alicyclic amines) is 1. The molecule has 2 aliphatic rings. The van der Waals surface area contributed by atoms with Crippen LogP contribution < -0.4 is 0 Å². The van der Waals surface area contributed by atoms with E-state index in [0.717, 1.165) is 18.5 Å². The van der Waals surface area contributed by atoms with Gasteiger partial charge in [-0.15, -0.1) is 0 Å². The minimum absolute atomic E-state index is 0.0856. The van der Waals surface area contributed by atoms with E-state index in [1.807, 2.05) is 6.92 Å². The van der Waals surface area contributed by atoms with Crippen molar-refractivity contribution < 1.29 is 19.8 Å². The summed E-state index contributed by atoms with van der Waals surface area (Å²) in [5, 5.41) is 20.1. The molecule has 0 aromatic carbocycles. The molecule has 0 bridgehead atoms. The molecule has 1 saturated heterocycles. The summed E-state index contributed by atoms with van der Waals surface area (Å²) in [7, 11) is 0. The normalized spacial score (nSPS) is 27.9. The molecule has 1 saturated carbocycles. The first kappa shape index (κ1) is 16.0. The second kappa shape index (κ2) is 5.96. The number of imidazole rings is 1. The van der Waals surface area contributed by atoms with Crippen LogP contribution in [0.2, 0.25) is 0 Å². The Bertz CT molecular complexity index is 610. The summed E-state index contributed by atoms with van der Waals surface area (Å²) in [6, 6.07) is 0. The lowest BCUT2D eigenvalue weighted by atomic mass is 9.73. The van der Waals surface area contributed by atoms with Crippen LogP contribution in [-0.2, 0) is 16.0 Å². The number of aliphatic hydroxyl groups is 1. The van der Waals surface area contributed by atoms with Crippen LogP contribution >= 0.6 is 0 Å². The number of carboxylic acids is 1. The highest BCUT2D eigenvalue weighted by atomic mass is 16.4. The molecule has 2 heterocycles. The van der Waals surface area contributed by atoms with E-state index in [9.17, 15) is 19.8 Å². The zero-order valence-corrected chi connectivity index (χ0v) is 13.3. The van der Waals surface area contributed by atoms with Crippen LogP contribution in [0.5, 0.6) is 0 Å². The topological polar surface area (TPSA) is 107 Å². The van der Waals surface area contributed by atoms with Crippen molar-refractivity contribution >= 4 is 11.9 Å². The summed E-state index contributed by atoms with van der Waals surface area (Å²) in [4.78, 5) is 33.1. The Hall–Kier alpha value is -1.89. The predicted molar refractivity (Wildman–Crippen MR) is 81.6 cm³/mol. The zero-order chi connectivity index (χ0) is 16.6. The van der Waals surface area contributed by atoms with Crippen LogP contribution in [0.15, 0.2) is 6.33 Å². The maximum atomic E-state index is 12.5. The number of nitrogens with one attached hydrogen (secondary N) is 1. The van der Waals surface area contributed by atoms with E-state index < -0.39 is 17.5 Å². The number of hydrogen-bond donors (Lipinski definition) is 3. The molecule has 3 rings (SSSR count). The molecule has 0 radical (unpaired) electrons. The number of carbonyl (C=O) groups excluding carboxylic acids is 1. The smallest absolute Gasteiger partial charge is 0.314 e. The lowest BCUT2D eigenvalue weighted by molar-refractivity contribution is -0.167. The number of nitrogens with zero attached hydrogens (tertiary/aromatic N) is 2. The van der Waals surface area contributed by atoms with Crippen molar-refractivity contribution in [1.82, 2.24) is 14.9 Å². The first-order valence-corrected chi connectivity index (χ1v) is 8.10. The average molecular weight is 321 g/mol. The summed E-state index contributed by atoms with van der Waals surface area (Å²) in [5.74, 6) is -0.761. The molecule has 1 aromatic rings. The minimum Gasteiger partial charge on any atom is -0.481 e. The van der Waals surface area contributed by atoms with Crippen molar-refractivity contribution in [1.29, 1.82) is 0 Å². The number of rotatable bonds is 5. The van der Waals surface area contributed by atoms with Gasteiger partial charge in [0, 0.05) is 18.8 Å². The first-order valence-electron chi connectivity index (χ1n) is 8.10. The van der Waals surface area contributed by atoms with E-state index >= 15 is 0 Å². The van der Waals surface area contributed by atoms with Gasteiger partial charge in [-0.1, -0.05) is 12.8 Å². The zero-order valence-electron chi connectivity index (χ0n) is 13.3. The van der Waals surface area contributed by atoms with Crippen molar-refractivity contribution in [2.45, 2.75) is 45.1 Å². The van der Waals surface area contributed by atoms with Gasteiger partial charge in [0.2, 0.25) is 5.91 Å². The molecule has 1 aliphatic heterocycles. The maximum Gasteiger partial charge on any atom is 0.314 e. The Morgan fingerprint density at radius 1 is 1.43 bits per heavy atom. The molecule has 2 fully saturated rings. The van der Waals surface area contributed by atoms with Gasteiger partial charge in [-0.2, -0.15) is 0 Å². The molecule has 3 N–H and O–H groups in total. The number of piperidine rings is 1. The lowest BCUT2D eigenvalue weighted by Gasteiger charge is -2.43. The van der Waals surface area contributed by atoms with Gasteiger partial charge in [0.15, 0.2) is 0 Å². The van der Waals surface area contributed by atoms with Crippen molar-refractivity contribution in [3.05, 3.63) is 17.7 Å². The average Bonchev–Trinajstić information content (AvgIpc) is 3.23. The Morgan fingerprint density at radius 3 is 2.74 bits per heavy atom. The fourth-order valence-corrected chi connectivity index (χ4v) is 3.45. The highest BCUT2D eigenvalue weighted by molar-refractivity contribution is 5.81. The SMILES string of the molecule is Cc1[nH]cnc1CC(=O)N1CC[C@@H](O)[C@](CC2CC2)(C(=O)O)C1. The fraction of sp³-hybridized carbons (Fsp3) is 0.688. The summed E-state index contributed by atoms with van der Waals surface area (Å²) in [5.41, 5.74) is 0.303. The number of carbonyl (C=O) groups is 2. The van der Waals surface area contributed by atoms with Crippen molar-refractivity contribution in [3.8, 4) is 0 Å². The van der Waals surface area contributed by atoms with Gasteiger partial charge in [-0.3, -0.25) is 9.59 Å². The third-order valence-electron chi connectivity index (χ3n) is 5.16. The van der Waals surface area contributed by atoms with Gasteiger partial charge < -0.3 is 20.1 Å². The predicted octanol–water partition coefficient (Wildman–Crippen LogP) is 0.725. The summed E-state index contributed by atoms with van der Waals surface area (Å²) < 4.78 is 0. The van der Waals surface area contributed by atoms with Crippen LogP contribution in [0.1, 0.15) is 37.1 Å². The second-order valence-corrected chi connectivity index (χ2v) is 6.88. The quantitative estimate of drug-likeness (QED) is 0.741. The summed E-state index contributed by atoms with van der Waals surface area (Å²) in [6.45, 7) is 2.33. The van der Waals surface area contributed by atoms with E-state index in [1.165, 1.54) is 0 Å². The number of carboxylic acid groups (broad SMARTS) is 1. The monoisotopic (exact) mass is 321 g/mol. The molecule has 1 aromatic heterocycles. The molecule has 23 heavy (non-hydrogen) atoms. The molecule has 1 amide bonds. The fourth-order valence-electron chi connectivity index (χ4n) is 3.45. The number of amides is 1. The molecule has 0 spiro atoms. The van der Waals surface area contributed by atoms with Gasteiger partial charge in [0.25, 0.3) is 0 Å². The third kappa shape index (κ3) is 3.10. The highest BCUT2D eigenvalue weighted by Crippen LogP contribution is 2.45. The van der Waals surface area contributed by atoms with Crippen LogP contribution in [0, 0.1) is 18.3 Å². The Labute approximate surface area is 134 Å². The van der Waals surface area contributed by atoms with E-state index in [1.54, 1.807) is 11.2 Å². The number of aliphatic carboxylic acids is 1. The minimum atomic E-state index is -1.23. The van der Waals surface area contributed by atoms with Gasteiger partial charge in [-0.25, -0.2) is 4.98 Å². The highest BCUT2D eigenvalue weighted by Gasteiger charge is 2.52. The van der Waals surface area contributed by atoms with Crippen molar-refractivity contribution in [2.75, 3.05) is 13.1 Å². The molecule has 126 valence electrons. The number of hydrogen-bond acceptors (Lipinski definition) is 4. The van der Waals surface area contributed by atoms with E-state index in [4.69, 9.17) is 0 Å². The molecular weight excluding hydrogens is 298 g/mol. The first-order chi connectivity index (χ1) is 10.9. The molecule has 1 aliphatic carbocycles. The Balaban J connectivity index is 1.74. The van der Waals surface area contributed by atoms with Crippen molar-refractivity contribution in [2.24, 2.45) is 11.3 Å². The lowest BCUT2D eigenvalue weighted by Crippen LogP contribution is -2.57. The number of aliphatic hydroxyl groups excluding tert-OH is 1. The van der Waals surface area contributed by atoms with E-state index in [2.05, 4.69) is 9.97 Å². The maximum absolute atomic E-state index is 12.5. The van der Waals surface area contributed by atoms with Crippen LogP contribution in [0.25, 0.3) is 0 Å². The second-order valence-electron chi connectivity index (χ2n) is 6.88. The van der Waals surface area contributed by atoms with Gasteiger partial charge in [0.05, 0.1) is 24.5 Å². The molecule has 7 nitrogen and oxygen atoms in total. The molecule has 2 atom stereocenters. The number of aromatic amines is 1. The molecular formula is C16H23N3O4. The van der Waals surface area contributed by atoms with Crippen LogP contribution in [0.3, 0.4) is 0 Å². The third-order valence-corrected chi connectivity index (χ3v) is 5.16. The van der Waals surface area contributed by atoms with E-state index in [0.29, 0.717) is 31.0 Å². The molecule has 0 unspecified atom stereocenters.